The average molecular weight is 457 g/mol. The zero-order valence-electron chi connectivity index (χ0n) is 15.8. The summed E-state index contributed by atoms with van der Waals surface area (Å²) in [7, 11) is 0. The van der Waals surface area contributed by atoms with Crippen LogP contribution in [0.15, 0.2) is 34.7 Å². The minimum absolute atomic E-state index is 0.0593. The van der Waals surface area contributed by atoms with Crippen LogP contribution in [0.1, 0.15) is 11.1 Å². The Morgan fingerprint density at radius 2 is 1.24 bits per heavy atom. The number of oxazole rings is 1. The highest BCUT2D eigenvalue weighted by Gasteiger charge is 2.37. The average Bonchev–Trinajstić information content (AvgIpc) is 3.16. The van der Waals surface area contributed by atoms with Gasteiger partial charge < -0.3 is 4.42 Å². The van der Waals surface area contributed by atoms with Crippen molar-refractivity contribution in [2.75, 3.05) is 0 Å². The molecule has 12 heteroatoms. The first-order valence-electron chi connectivity index (χ1n) is 8.52. The summed E-state index contributed by atoms with van der Waals surface area (Å²) in [6.45, 7) is 0. The van der Waals surface area contributed by atoms with Crippen LogP contribution in [0.2, 0.25) is 0 Å². The van der Waals surface area contributed by atoms with Crippen LogP contribution in [0.4, 0.5) is 26.3 Å². The van der Waals surface area contributed by atoms with Gasteiger partial charge in [-0.05, 0) is 41.5 Å². The molecular formula is C21H5F6N5O. The van der Waals surface area contributed by atoms with E-state index in [1.54, 1.807) is 0 Å². The molecule has 6 nitrogen and oxygen atoms in total. The highest BCUT2D eigenvalue weighted by Crippen LogP contribution is 2.38. The summed E-state index contributed by atoms with van der Waals surface area (Å²) in [6, 6.07) is 8.94. The summed E-state index contributed by atoms with van der Waals surface area (Å²) in [5.74, 6) is 0. The van der Waals surface area contributed by atoms with Crippen LogP contribution < -0.4 is 10.8 Å². The maximum absolute atomic E-state index is 13.3. The Balaban J connectivity index is 2.53. The van der Waals surface area contributed by atoms with E-state index in [1.165, 1.54) is 24.3 Å². The predicted molar refractivity (Wildman–Crippen MR) is 98.0 cm³/mol. The highest BCUT2D eigenvalue weighted by molar-refractivity contribution is 5.87. The van der Waals surface area contributed by atoms with Crippen molar-refractivity contribution in [2.24, 2.45) is 0 Å². The van der Waals surface area contributed by atoms with Gasteiger partial charge in [0.05, 0.1) is 11.1 Å². The van der Waals surface area contributed by atoms with E-state index in [9.17, 15) is 36.9 Å². The van der Waals surface area contributed by atoms with Crippen molar-refractivity contribution in [3.63, 3.8) is 0 Å². The molecule has 0 amide bonds. The van der Waals surface area contributed by atoms with Gasteiger partial charge in [-0.25, -0.2) is 4.98 Å². The first kappa shape index (κ1) is 22.9. The number of halogens is 6. The quantitative estimate of drug-likeness (QED) is 0.511. The lowest BCUT2D eigenvalue weighted by molar-refractivity contribution is -0.143. The molecule has 0 aliphatic rings. The molecule has 3 aromatic rings. The molecule has 0 spiro atoms. The number of alkyl halides is 6. The topological polar surface area (TPSA) is 121 Å². The third-order valence-corrected chi connectivity index (χ3v) is 4.36. The van der Waals surface area contributed by atoms with E-state index < -0.39 is 45.7 Å². The zero-order chi connectivity index (χ0) is 24.6. The lowest BCUT2D eigenvalue weighted by Gasteiger charge is -2.14. The second kappa shape index (κ2) is 8.03. The lowest BCUT2D eigenvalue weighted by atomic mass is 9.95. The Labute approximate surface area is 179 Å². The number of hydrogen-bond acceptors (Lipinski definition) is 6. The fourth-order valence-electron chi connectivity index (χ4n) is 2.90. The normalized spacial score (nSPS) is 11.2. The smallest absolute Gasteiger partial charge is 0.416 e. The van der Waals surface area contributed by atoms with Gasteiger partial charge in [0.15, 0.2) is 11.2 Å². The molecule has 1 aromatic heterocycles. The summed E-state index contributed by atoms with van der Waals surface area (Å²) < 4.78 is 85.0. The third-order valence-electron chi connectivity index (χ3n) is 4.36. The predicted octanol–water partition coefficient (Wildman–Crippen LogP) is 3.93. The fourth-order valence-corrected chi connectivity index (χ4v) is 2.90. The standard InChI is InChI=1S/C21H5F6N5O/c22-20(23,24)13-1-10(2-14(3-13)21(25,26)27)15-4-17-18(5-16(15)11(6-28)7-29)33-19(32-17)12(8-30)9-31/h1-5H. The molecule has 0 N–H and O–H groups in total. The third kappa shape index (κ3) is 4.32. The van der Waals surface area contributed by atoms with E-state index in [0.29, 0.717) is 12.1 Å². The van der Waals surface area contributed by atoms with E-state index >= 15 is 0 Å². The van der Waals surface area contributed by atoms with Crippen LogP contribution in [-0.4, -0.2) is 4.98 Å². The molecule has 0 unspecified atom stereocenters. The molecule has 0 aliphatic carbocycles. The maximum atomic E-state index is 13.3. The molecule has 0 saturated heterocycles. The van der Waals surface area contributed by atoms with Gasteiger partial charge in [0.1, 0.15) is 35.4 Å². The van der Waals surface area contributed by atoms with Gasteiger partial charge in [-0.3, -0.25) is 0 Å². The van der Waals surface area contributed by atoms with Gasteiger partial charge in [0.25, 0.3) is 0 Å². The SMILES string of the molecule is N#CC(C#N)=c1nc2cc(-c3cc(C(F)(F)F)cc(C(F)(F)F)c3)c(=C(C#N)C#N)cc2o1. The van der Waals surface area contributed by atoms with E-state index in [0.717, 1.165) is 12.1 Å². The molecule has 2 aromatic carbocycles. The number of hydrogen-bond donors (Lipinski definition) is 0. The van der Waals surface area contributed by atoms with Crippen LogP contribution in [0.5, 0.6) is 0 Å². The van der Waals surface area contributed by atoms with Crippen molar-refractivity contribution in [1.29, 1.82) is 21.0 Å². The van der Waals surface area contributed by atoms with Gasteiger partial charge in [0.2, 0.25) is 5.55 Å². The van der Waals surface area contributed by atoms with Crippen LogP contribution in [0.3, 0.4) is 0 Å². The Morgan fingerprint density at radius 3 is 1.70 bits per heavy atom. The van der Waals surface area contributed by atoms with Crippen molar-refractivity contribution >= 4 is 22.2 Å². The highest BCUT2D eigenvalue weighted by atomic mass is 19.4. The largest absolute Gasteiger partial charge is 0.435 e. The van der Waals surface area contributed by atoms with Crippen molar-refractivity contribution in [2.45, 2.75) is 12.4 Å². The van der Waals surface area contributed by atoms with Crippen LogP contribution in [0.25, 0.3) is 33.4 Å². The van der Waals surface area contributed by atoms with E-state index in [4.69, 9.17) is 14.9 Å². The second-order valence-corrected chi connectivity index (χ2v) is 6.38. The number of benzene rings is 2. The first-order chi connectivity index (χ1) is 15.4. The molecule has 0 aliphatic heterocycles. The minimum atomic E-state index is -5.12. The van der Waals surface area contributed by atoms with Gasteiger partial charge >= 0.3 is 12.4 Å². The Bertz CT molecular complexity index is 1520. The number of aromatic nitrogens is 1. The van der Waals surface area contributed by atoms with E-state index in [-0.39, 0.29) is 27.9 Å². The monoisotopic (exact) mass is 457 g/mol. The molecule has 33 heavy (non-hydrogen) atoms. The zero-order valence-corrected chi connectivity index (χ0v) is 15.8. The molecule has 162 valence electrons. The van der Waals surface area contributed by atoms with E-state index in [2.05, 4.69) is 4.98 Å². The number of nitriles is 4. The summed E-state index contributed by atoms with van der Waals surface area (Å²) >= 11 is 0. The van der Waals surface area contributed by atoms with Crippen LogP contribution >= 0.6 is 0 Å². The van der Waals surface area contributed by atoms with Crippen LogP contribution in [-0.2, 0) is 12.4 Å². The molecule has 0 bridgehead atoms. The van der Waals surface area contributed by atoms with Crippen molar-refractivity contribution in [3.05, 3.63) is 52.2 Å². The molecule has 3 rings (SSSR count). The van der Waals surface area contributed by atoms with Crippen molar-refractivity contribution in [1.82, 2.24) is 4.98 Å². The molecule has 1 heterocycles. The summed E-state index contributed by atoms with van der Waals surface area (Å²) in [4.78, 5) is 3.87. The van der Waals surface area contributed by atoms with Crippen LogP contribution in [0, 0.1) is 45.3 Å². The Kier molecular flexibility index (Phi) is 5.56. The van der Waals surface area contributed by atoms with Gasteiger partial charge in [-0.1, -0.05) is 0 Å². The number of fused-ring (bicyclic) bond motifs is 1. The minimum Gasteiger partial charge on any atom is -0.435 e. The van der Waals surface area contributed by atoms with Crippen molar-refractivity contribution in [3.8, 4) is 35.4 Å². The first-order valence-corrected chi connectivity index (χ1v) is 8.52. The van der Waals surface area contributed by atoms with Crippen molar-refractivity contribution < 1.29 is 30.8 Å². The molecule has 0 fully saturated rings. The van der Waals surface area contributed by atoms with E-state index in [1.807, 2.05) is 0 Å². The number of rotatable bonds is 1. The number of nitrogens with zero attached hydrogens (tertiary/aromatic N) is 5. The summed E-state index contributed by atoms with van der Waals surface area (Å²) in [6.07, 6.45) is -10.2. The molecular weight excluding hydrogens is 452 g/mol. The van der Waals surface area contributed by atoms with Gasteiger partial charge in [-0.15, -0.1) is 0 Å². The van der Waals surface area contributed by atoms with Gasteiger partial charge in [0, 0.05) is 5.22 Å². The molecule has 0 atom stereocenters. The molecule has 0 saturated carbocycles. The summed E-state index contributed by atoms with van der Waals surface area (Å²) in [5, 5.41) is 36.1. The second-order valence-electron chi connectivity index (χ2n) is 6.38. The maximum Gasteiger partial charge on any atom is 0.416 e. The Morgan fingerprint density at radius 1 is 0.727 bits per heavy atom. The summed E-state index contributed by atoms with van der Waals surface area (Å²) in [5.41, 5.74) is -6.03. The lowest BCUT2D eigenvalue weighted by Crippen LogP contribution is -2.13. The molecule has 0 radical (unpaired) electrons. The fraction of sp³-hybridized carbons (Fsp3) is 0.0952. The van der Waals surface area contributed by atoms with Gasteiger partial charge in [-0.2, -0.15) is 47.4 Å². The Hall–Kier alpha value is -4.81.